The molecule has 0 saturated heterocycles. The monoisotopic (exact) mass is 186 g/mol. The number of hydrogen-bond acceptors (Lipinski definition) is 4. The van der Waals surface area contributed by atoms with Gasteiger partial charge in [-0.05, 0) is 18.4 Å². The Kier molecular flexibility index (Phi) is 6.68. The van der Waals surface area contributed by atoms with Crippen molar-refractivity contribution in [3.05, 3.63) is 10.4 Å². The molecule has 0 saturated carbocycles. The van der Waals surface area contributed by atoms with Crippen molar-refractivity contribution in [2.24, 2.45) is 10.8 Å². The van der Waals surface area contributed by atoms with Crippen molar-refractivity contribution >= 4 is 5.97 Å². The predicted octanol–water partition coefficient (Wildman–Crippen LogP) is 0.967. The summed E-state index contributed by atoms with van der Waals surface area (Å²) in [5, 5.41) is 3.36. The molecule has 0 bridgehead atoms. The van der Waals surface area contributed by atoms with E-state index in [0.717, 1.165) is 12.8 Å². The molecule has 0 amide bonds. The summed E-state index contributed by atoms with van der Waals surface area (Å²) in [6.07, 6.45) is 2.07. The molecule has 0 aliphatic carbocycles. The Hall–Kier alpha value is -1.26. The highest BCUT2D eigenvalue weighted by Crippen LogP contribution is 2.00. The van der Waals surface area contributed by atoms with E-state index in [2.05, 4.69) is 14.8 Å². The zero-order valence-electron chi connectivity index (χ0n) is 7.64. The fourth-order valence-corrected chi connectivity index (χ4v) is 0.861. The second-order valence-corrected chi connectivity index (χ2v) is 2.58. The summed E-state index contributed by atoms with van der Waals surface area (Å²) in [5.41, 5.74) is 13.4. The molecule has 0 aliphatic rings. The second-order valence-electron chi connectivity index (χ2n) is 2.58. The third-order valence-corrected chi connectivity index (χ3v) is 1.59. The Morgan fingerprint density at radius 2 is 2.38 bits per heavy atom. The average Bonchev–Trinajstić information content (AvgIpc) is 2.16. The van der Waals surface area contributed by atoms with Crippen molar-refractivity contribution in [2.75, 3.05) is 13.7 Å². The van der Waals surface area contributed by atoms with Crippen molar-refractivity contribution in [1.29, 1.82) is 0 Å². The lowest BCUT2D eigenvalue weighted by molar-refractivity contribution is -0.142. The van der Waals surface area contributed by atoms with Crippen molar-refractivity contribution in [2.45, 2.75) is 25.3 Å². The summed E-state index contributed by atoms with van der Waals surface area (Å²) in [7, 11) is 1.31. The third-order valence-electron chi connectivity index (χ3n) is 1.59. The van der Waals surface area contributed by atoms with Crippen LogP contribution in [0, 0.1) is 0 Å². The number of rotatable bonds is 6. The third kappa shape index (κ3) is 5.95. The van der Waals surface area contributed by atoms with Crippen molar-refractivity contribution in [3.8, 4) is 0 Å². The highest BCUT2D eigenvalue weighted by atomic mass is 16.5. The Morgan fingerprint density at radius 3 is 2.92 bits per heavy atom. The van der Waals surface area contributed by atoms with Gasteiger partial charge in [-0.2, -0.15) is 0 Å². The number of esters is 1. The van der Waals surface area contributed by atoms with Gasteiger partial charge in [0.1, 0.15) is 6.04 Å². The molecule has 0 aromatic carbocycles. The van der Waals surface area contributed by atoms with E-state index >= 15 is 0 Å². The number of ether oxygens (including phenoxy) is 1. The standard InChI is InChI=1S/C7H14N4O2/c1-13-7(12)6(8)4-2-3-5-10-11-9/h6H,2-5,8H2,1H3/t6-/m0/s1. The van der Waals surface area contributed by atoms with Crippen LogP contribution in [0.4, 0.5) is 0 Å². The largest absolute Gasteiger partial charge is 0.468 e. The van der Waals surface area contributed by atoms with E-state index in [1.54, 1.807) is 0 Å². The van der Waals surface area contributed by atoms with Crippen LogP contribution in [-0.4, -0.2) is 25.7 Å². The Labute approximate surface area is 76.7 Å². The van der Waals surface area contributed by atoms with Gasteiger partial charge in [0.15, 0.2) is 0 Å². The normalized spacial score (nSPS) is 11.5. The van der Waals surface area contributed by atoms with Gasteiger partial charge in [0, 0.05) is 11.5 Å². The smallest absolute Gasteiger partial charge is 0.322 e. The first-order valence-corrected chi connectivity index (χ1v) is 4.06. The summed E-state index contributed by atoms with van der Waals surface area (Å²) in [6, 6.07) is -0.559. The van der Waals surface area contributed by atoms with Crippen LogP contribution in [0.3, 0.4) is 0 Å². The van der Waals surface area contributed by atoms with Gasteiger partial charge >= 0.3 is 5.97 Å². The summed E-state index contributed by atoms with van der Waals surface area (Å²) < 4.78 is 4.44. The van der Waals surface area contributed by atoms with Crippen LogP contribution in [0.1, 0.15) is 19.3 Å². The molecule has 0 aromatic rings. The average molecular weight is 186 g/mol. The number of unbranched alkanes of at least 4 members (excludes halogenated alkanes) is 1. The lowest BCUT2D eigenvalue weighted by Crippen LogP contribution is -2.31. The minimum absolute atomic E-state index is 0.399. The molecule has 74 valence electrons. The maximum absolute atomic E-state index is 10.8. The van der Waals surface area contributed by atoms with E-state index in [9.17, 15) is 4.79 Å². The molecule has 0 spiro atoms. The fourth-order valence-electron chi connectivity index (χ4n) is 0.861. The van der Waals surface area contributed by atoms with E-state index in [0.29, 0.717) is 13.0 Å². The number of azide groups is 1. The van der Waals surface area contributed by atoms with Gasteiger partial charge in [-0.15, -0.1) is 0 Å². The molecule has 1 atom stereocenters. The highest BCUT2D eigenvalue weighted by molar-refractivity contribution is 5.75. The zero-order valence-corrected chi connectivity index (χ0v) is 7.64. The van der Waals surface area contributed by atoms with Gasteiger partial charge in [0.2, 0.25) is 0 Å². The van der Waals surface area contributed by atoms with Crippen LogP contribution in [0.2, 0.25) is 0 Å². The Balaban J connectivity index is 3.41. The molecule has 0 rings (SSSR count). The summed E-state index contributed by atoms with van der Waals surface area (Å²) in [4.78, 5) is 13.4. The number of carbonyl (C=O) groups is 1. The summed E-state index contributed by atoms with van der Waals surface area (Å²) in [6.45, 7) is 0.449. The first kappa shape index (κ1) is 11.7. The van der Waals surface area contributed by atoms with Crippen LogP contribution in [-0.2, 0) is 9.53 Å². The van der Waals surface area contributed by atoms with Gasteiger partial charge < -0.3 is 10.5 Å². The minimum atomic E-state index is -0.559. The Bertz CT molecular complexity index is 201. The zero-order chi connectivity index (χ0) is 10.1. The lowest BCUT2D eigenvalue weighted by Gasteiger charge is -2.07. The van der Waals surface area contributed by atoms with Crippen molar-refractivity contribution < 1.29 is 9.53 Å². The summed E-state index contributed by atoms with van der Waals surface area (Å²) in [5.74, 6) is -0.399. The van der Waals surface area contributed by atoms with Crippen LogP contribution in [0.5, 0.6) is 0 Å². The minimum Gasteiger partial charge on any atom is -0.468 e. The van der Waals surface area contributed by atoms with E-state index in [1.807, 2.05) is 0 Å². The van der Waals surface area contributed by atoms with E-state index in [1.165, 1.54) is 7.11 Å². The van der Waals surface area contributed by atoms with Crippen LogP contribution >= 0.6 is 0 Å². The van der Waals surface area contributed by atoms with E-state index in [4.69, 9.17) is 11.3 Å². The number of nitrogens with zero attached hydrogens (tertiary/aromatic N) is 3. The second kappa shape index (κ2) is 7.39. The van der Waals surface area contributed by atoms with Crippen molar-refractivity contribution in [1.82, 2.24) is 0 Å². The molecular weight excluding hydrogens is 172 g/mol. The molecule has 0 heterocycles. The number of hydrogen-bond donors (Lipinski definition) is 1. The molecule has 0 radical (unpaired) electrons. The molecule has 0 fully saturated rings. The molecule has 0 aliphatic heterocycles. The van der Waals surface area contributed by atoms with Gasteiger partial charge in [-0.1, -0.05) is 11.5 Å². The van der Waals surface area contributed by atoms with Crippen molar-refractivity contribution in [3.63, 3.8) is 0 Å². The molecule has 0 unspecified atom stereocenters. The Morgan fingerprint density at radius 1 is 1.69 bits per heavy atom. The quantitative estimate of drug-likeness (QED) is 0.220. The van der Waals surface area contributed by atoms with Crippen LogP contribution in [0.15, 0.2) is 5.11 Å². The van der Waals surface area contributed by atoms with E-state index < -0.39 is 12.0 Å². The van der Waals surface area contributed by atoms with Gasteiger partial charge in [-0.3, -0.25) is 4.79 Å². The number of carbonyl (C=O) groups excluding carboxylic acids is 1. The molecular formula is C7H14N4O2. The van der Waals surface area contributed by atoms with Gasteiger partial charge in [0.25, 0.3) is 0 Å². The molecule has 6 nitrogen and oxygen atoms in total. The number of nitrogens with two attached hydrogens (primary N) is 1. The van der Waals surface area contributed by atoms with Gasteiger partial charge in [0.05, 0.1) is 7.11 Å². The molecule has 6 heteroatoms. The first-order valence-electron chi connectivity index (χ1n) is 4.06. The molecule has 2 N–H and O–H groups in total. The summed E-state index contributed by atoms with van der Waals surface area (Å²) >= 11 is 0. The topological polar surface area (TPSA) is 101 Å². The van der Waals surface area contributed by atoms with Crippen LogP contribution < -0.4 is 5.73 Å². The predicted molar refractivity (Wildman–Crippen MR) is 47.9 cm³/mol. The maximum atomic E-state index is 10.8. The highest BCUT2D eigenvalue weighted by Gasteiger charge is 2.11. The lowest BCUT2D eigenvalue weighted by atomic mass is 10.1. The van der Waals surface area contributed by atoms with Gasteiger partial charge in [-0.25, -0.2) is 0 Å². The first-order chi connectivity index (χ1) is 6.22. The van der Waals surface area contributed by atoms with Crippen LogP contribution in [0.25, 0.3) is 10.4 Å². The maximum Gasteiger partial charge on any atom is 0.322 e. The molecule has 13 heavy (non-hydrogen) atoms. The molecule has 0 aromatic heterocycles. The SMILES string of the molecule is COC(=O)[C@@H](N)CCCCN=[N+]=[N-]. The fraction of sp³-hybridized carbons (Fsp3) is 0.857. The van der Waals surface area contributed by atoms with E-state index in [-0.39, 0.29) is 0 Å². The number of methoxy groups -OCH3 is 1.